The van der Waals surface area contributed by atoms with Crippen molar-refractivity contribution in [3.63, 3.8) is 0 Å². The van der Waals surface area contributed by atoms with Crippen molar-refractivity contribution in [3.05, 3.63) is 60.1 Å². The fourth-order valence-electron chi connectivity index (χ4n) is 1.88. The van der Waals surface area contributed by atoms with Crippen molar-refractivity contribution in [1.82, 2.24) is 0 Å². The molecule has 1 aromatic heterocycles. The van der Waals surface area contributed by atoms with Crippen LogP contribution >= 0.6 is 0 Å². The number of halogens is 1. The smallest absolute Gasteiger partial charge is 0.176 e. The number of hydrogen-bond donors (Lipinski definition) is 1. The predicted molar refractivity (Wildman–Crippen MR) is 68.6 cm³/mol. The minimum atomic E-state index is -0.415. The number of furan rings is 1. The molecular formula is C15H11FO3. The number of phenolic OH excluding ortho intramolecular Hbond substituents is 1. The Hall–Kier alpha value is -2.49. The molecule has 0 saturated heterocycles. The first-order valence-electron chi connectivity index (χ1n) is 5.82. The molecule has 0 radical (unpaired) electrons. The van der Waals surface area contributed by atoms with E-state index < -0.39 is 5.82 Å². The van der Waals surface area contributed by atoms with Gasteiger partial charge < -0.3 is 14.3 Å². The summed E-state index contributed by atoms with van der Waals surface area (Å²) in [5.74, 6) is 0.364. The highest BCUT2D eigenvalue weighted by molar-refractivity contribution is 5.83. The van der Waals surface area contributed by atoms with Crippen LogP contribution in [0.1, 0.15) is 5.76 Å². The molecule has 0 bridgehead atoms. The minimum absolute atomic E-state index is 0.0784. The fourth-order valence-corrected chi connectivity index (χ4v) is 1.88. The van der Waals surface area contributed by atoms with Crippen molar-refractivity contribution in [1.29, 1.82) is 0 Å². The number of rotatable bonds is 3. The second kappa shape index (κ2) is 4.65. The summed E-state index contributed by atoms with van der Waals surface area (Å²) in [7, 11) is 0. The van der Waals surface area contributed by atoms with Crippen molar-refractivity contribution in [2.75, 3.05) is 0 Å². The van der Waals surface area contributed by atoms with Crippen LogP contribution in [-0.4, -0.2) is 5.11 Å². The van der Waals surface area contributed by atoms with E-state index in [9.17, 15) is 9.50 Å². The normalized spacial score (nSPS) is 10.8. The highest BCUT2D eigenvalue weighted by Gasteiger charge is 2.09. The van der Waals surface area contributed by atoms with Crippen LogP contribution in [0.15, 0.2) is 52.9 Å². The average Bonchev–Trinajstić information content (AvgIpc) is 2.82. The number of aromatic hydroxyl groups is 1. The van der Waals surface area contributed by atoms with E-state index in [1.54, 1.807) is 36.4 Å². The molecule has 1 N–H and O–H groups in total. The van der Waals surface area contributed by atoms with Gasteiger partial charge in [-0.3, -0.25) is 0 Å². The van der Waals surface area contributed by atoms with Crippen LogP contribution in [0.2, 0.25) is 0 Å². The topological polar surface area (TPSA) is 42.6 Å². The van der Waals surface area contributed by atoms with Crippen molar-refractivity contribution in [2.45, 2.75) is 6.61 Å². The lowest BCUT2D eigenvalue weighted by molar-refractivity contribution is 0.261. The largest absolute Gasteiger partial charge is 0.504 e. The molecule has 0 atom stereocenters. The summed E-state index contributed by atoms with van der Waals surface area (Å²) in [6, 6.07) is 13.0. The van der Waals surface area contributed by atoms with Gasteiger partial charge in [0.2, 0.25) is 0 Å². The van der Waals surface area contributed by atoms with E-state index in [4.69, 9.17) is 9.15 Å². The first kappa shape index (κ1) is 11.6. The maximum Gasteiger partial charge on any atom is 0.176 e. The van der Waals surface area contributed by atoms with Crippen LogP contribution in [0.25, 0.3) is 11.0 Å². The summed E-state index contributed by atoms with van der Waals surface area (Å²) in [6.45, 7) is 0.106. The molecule has 3 aromatic rings. The zero-order valence-corrected chi connectivity index (χ0v) is 9.97. The number of benzene rings is 2. The Morgan fingerprint density at radius 2 is 1.95 bits per heavy atom. The Labute approximate surface area is 108 Å². The number of hydrogen-bond acceptors (Lipinski definition) is 3. The van der Waals surface area contributed by atoms with E-state index in [2.05, 4.69) is 0 Å². The summed E-state index contributed by atoms with van der Waals surface area (Å²) in [5, 5.41) is 10.4. The van der Waals surface area contributed by atoms with E-state index in [0.717, 1.165) is 5.39 Å². The van der Waals surface area contributed by atoms with Gasteiger partial charge in [0.25, 0.3) is 0 Å². The summed E-state index contributed by atoms with van der Waals surface area (Å²) < 4.78 is 24.2. The Balaban J connectivity index is 1.83. The first-order valence-corrected chi connectivity index (χ1v) is 5.82. The molecule has 0 unspecified atom stereocenters. The molecule has 1 heterocycles. The molecule has 0 aliphatic carbocycles. The quantitative estimate of drug-likeness (QED) is 0.775. The third-order valence-electron chi connectivity index (χ3n) is 2.78. The van der Waals surface area contributed by atoms with Crippen LogP contribution in [0.3, 0.4) is 0 Å². The van der Waals surface area contributed by atoms with Crippen LogP contribution in [-0.2, 0) is 6.61 Å². The molecule has 0 fully saturated rings. The molecule has 19 heavy (non-hydrogen) atoms. The molecule has 0 spiro atoms. The third kappa shape index (κ3) is 2.25. The molecule has 0 amide bonds. The molecule has 2 aromatic carbocycles. The van der Waals surface area contributed by atoms with Crippen LogP contribution < -0.4 is 4.74 Å². The van der Waals surface area contributed by atoms with Crippen LogP contribution in [0.4, 0.5) is 4.39 Å². The zero-order valence-electron chi connectivity index (χ0n) is 9.97. The van der Waals surface area contributed by atoms with Crippen LogP contribution in [0.5, 0.6) is 11.5 Å². The average molecular weight is 258 g/mol. The zero-order chi connectivity index (χ0) is 13.2. The van der Waals surface area contributed by atoms with Gasteiger partial charge in [-0.25, -0.2) is 4.39 Å². The van der Waals surface area contributed by atoms with Gasteiger partial charge in [0, 0.05) is 5.39 Å². The van der Waals surface area contributed by atoms with Gasteiger partial charge in [0.1, 0.15) is 12.4 Å². The highest BCUT2D eigenvalue weighted by atomic mass is 19.1. The van der Waals surface area contributed by atoms with Gasteiger partial charge >= 0.3 is 0 Å². The second-order valence-corrected chi connectivity index (χ2v) is 4.13. The van der Waals surface area contributed by atoms with E-state index in [1.807, 2.05) is 6.07 Å². The molecule has 96 valence electrons. The number of para-hydroxylation sites is 2. The molecule has 4 heteroatoms. The van der Waals surface area contributed by atoms with Gasteiger partial charge in [0.15, 0.2) is 22.9 Å². The number of ether oxygens (including phenoxy) is 1. The lowest BCUT2D eigenvalue weighted by Gasteiger charge is -2.04. The highest BCUT2D eigenvalue weighted by Crippen LogP contribution is 2.28. The minimum Gasteiger partial charge on any atom is -0.504 e. The lowest BCUT2D eigenvalue weighted by Crippen LogP contribution is -1.95. The summed E-state index contributed by atoms with van der Waals surface area (Å²) in [4.78, 5) is 0. The molecule has 0 aliphatic rings. The SMILES string of the molecule is Oc1cccc2cc(COc3ccccc3F)oc12. The fraction of sp³-hybridized carbons (Fsp3) is 0.0667. The molecular weight excluding hydrogens is 247 g/mol. The van der Waals surface area contributed by atoms with E-state index in [0.29, 0.717) is 11.3 Å². The first-order chi connectivity index (χ1) is 9.24. The van der Waals surface area contributed by atoms with Gasteiger partial charge in [-0.05, 0) is 24.3 Å². The standard InChI is InChI=1S/C15H11FO3/c16-12-5-1-2-7-14(12)18-9-11-8-10-4-3-6-13(17)15(10)19-11/h1-8,17H,9H2. The molecule has 0 saturated carbocycles. The Bertz CT molecular complexity index is 718. The van der Waals surface area contributed by atoms with Gasteiger partial charge in [0.05, 0.1) is 0 Å². The van der Waals surface area contributed by atoms with E-state index >= 15 is 0 Å². The Kier molecular flexibility index (Phi) is 2.83. The molecule has 3 rings (SSSR count). The second-order valence-electron chi connectivity index (χ2n) is 4.13. The maximum atomic E-state index is 13.4. The van der Waals surface area contributed by atoms with E-state index in [1.165, 1.54) is 6.07 Å². The Morgan fingerprint density at radius 1 is 1.11 bits per heavy atom. The maximum absolute atomic E-state index is 13.4. The predicted octanol–water partition coefficient (Wildman–Crippen LogP) is 3.86. The van der Waals surface area contributed by atoms with Crippen molar-refractivity contribution >= 4 is 11.0 Å². The number of phenols is 1. The summed E-state index contributed by atoms with van der Waals surface area (Å²) >= 11 is 0. The molecule has 3 nitrogen and oxygen atoms in total. The molecule has 0 aliphatic heterocycles. The van der Waals surface area contributed by atoms with Crippen molar-refractivity contribution < 1.29 is 18.7 Å². The summed E-state index contributed by atoms with van der Waals surface area (Å²) in [5.41, 5.74) is 0.412. The van der Waals surface area contributed by atoms with Crippen LogP contribution in [0, 0.1) is 5.82 Å². The third-order valence-corrected chi connectivity index (χ3v) is 2.78. The monoisotopic (exact) mass is 258 g/mol. The number of fused-ring (bicyclic) bond motifs is 1. The Morgan fingerprint density at radius 3 is 2.74 bits per heavy atom. The van der Waals surface area contributed by atoms with Crippen molar-refractivity contribution in [2.24, 2.45) is 0 Å². The summed E-state index contributed by atoms with van der Waals surface area (Å²) in [6.07, 6.45) is 0. The van der Waals surface area contributed by atoms with E-state index in [-0.39, 0.29) is 18.1 Å². The van der Waals surface area contributed by atoms with Gasteiger partial charge in [-0.2, -0.15) is 0 Å². The van der Waals surface area contributed by atoms with Crippen molar-refractivity contribution in [3.8, 4) is 11.5 Å². The van der Waals surface area contributed by atoms with Gasteiger partial charge in [-0.1, -0.05) is 24.3 Å². The van der Waals surface area contributed by atoms with Gasteiger partial charge in [-0.15, -0.1) is 0 Å². The lowest BCUT2D eigenvalue weighted by atomic mass is 10.2.